The Kier molecular flexibility index (Phi) is 3.19. The molecule has 5 N–H and O–H groups in total. The van der Waals surface area contributed by atoms with Crippen LogP contribution in [0.3, 0.4) is 0 Å². The minimum Gasteiger partial charge on any atom is -0.320 e. The lowest BCUT2D eigenvalue weighted by Gasteiger charge is -2.12. The second-order valence-electron chi connectivity index (χ2n) is 2.28. The lowest BCUT2D eigenvalue weighted by Crippen LogP contribution is -2.46. The SMILES string of the molecule is CC(C)[C@@H](N)C(=O)NN. The highest BCUT2D eigenvalue weighted by atomic mass is 16.2. The van der Waals surface area contributed by atoms with Gasteiger partial charge in [-0.1, -0.05) is 13.8 Å². The molecule has 0 aliphatic rings. The van der Waals surface area contributed by atoms with Crippen molar-refractivity contribution >= 4 is 5.91 Å². The molecule has 1 atom stereocenters. The van der Waals surface area contributed by atoms with Gasteiger partial charge in [-0.2, -0.15) is 0 Å². The van der Waals surface area contributed by atoms with Gasteiger partial charge in [-0.25, -0.2) is 5.84 Å². The van der Waals surface area contributed by atoms with Crippen LogP contribution in [0.1, 0.15) is 13.8 Å². The molecule has 4 nitrogen and oxygen atoms in total. The maximum absolute atomic E-state index is 10.6. The Morgan fingerprint density at radius 3 is 2.11 bits per heavy atom. The molecule has 0 fully saturated rings. The number of hydrogen-bond donors (Lipinski definition) is 3. The van der Waals surface area contributed by atoms with Crippen LogP contribution in [0.2, 0.25) is 0 Å². The minimum absolute atomic E-state index is 0.133. The van der Waals surface area contributed by atoms with Crippen LogP contribution in [0.5, 0.6) is 0 Å². The molecular formula is C5H13N3O. The van der Waals surface area contributed by atoms with Gasteiger partial charge in [-0.15, -0.1) is 0 Å². The van der Waals surface area contributed by atoms with Crippen LogP contribution in [-0.2, 0) is 4.79 Å². The van der Waals surface area contributed by atoms with E-state index >= 15 is 0 Å². The van der Waals surface area contributed by atoms with Gasteiger partial charge in [0.25, 0.3) is 5.91 Å². The second kappa shape index (κ2) is 3.42. The highest BCUT2D eigenvalue weighted by Gasteiger charge is 2.14. The lowest BCUT2D eigenvalue weighted by atomic mass is 10.1. The Morgan fingerprint density at radius 1 is 1.56 bits per heavy atom. The Hall–Kier alpha value is -0.610. The number of carbonyl (C=O) groups is 1. The van der Waals surface area contributed by atoms with Crippen molar-refractivity contribution in [3.8, 4) is 0 Å². The van der Waals surface area contributed by atoms with Gasteiger partial charge in [-0.05, 0) is 5.92 Å². The molecule has 1 amide bonds. The van der Waals surface area contributed by atoms with E-state index in [1.807, 2.05) is 19.3 Å². The number of hydrogen-bond acceptors (Lipinski definition) is 3. The maximum Gasteiger partial charge on any atom is 0.251 e. The van der Waals surface area contributed by atoms with Crippen molar-refractivity contribution in [3.05, 3.63) is 0 Å². The summed E-state index contributed by atoms with van der Waals surface area (Å²) in [7, 11) is 0. The molecular weight excluding hydrogens is 118 g/mol. The van der Waals surface area contributed by atoms with Gasteiger partial charge in [0.1, 0.15) is 0 Å². The Labute approximate surface area is 54.6 Å². The number of amides is 1. The molecule has 0 aromatic carbocycles. The van der Waals surface area contributed by atoms with E-state index in [0.29, 0.717) is 0 Å². The summed E-state index contributed by atoms with van der Waals surface area (Å²) in [5, 5.41) is 0. The normalized spacial score (nSPS) is 13.4. The van der Waals surface area contributed by atoms with Crippen molar-refractivity contribution in [2.45, 2.75) is 19.9 Å². The first-order valence-corrected chi connectivity index (χ1v) is 2.85. The average Bonchev–Trinajstić information content (AvgIpc) is 1.84. The number of carbonyl (C=O) groups excluding carboxylic acids is 1. The van der Waals surface area contributed by atoms with Crippen LogP contribution < -0.4 is 17.0 Å². The van der Waals surface area contributed by atoms with Gasteiger partial charge < -0.3 is 5.73 Å². The van der Waals surface area contributed by atoms with Crippen LogP contribution in [-0.4, -0.2) is 11.9 Å². The number of nitrogens with two attached hydrogens (primary N) is 2. The molecule has 0 aromatic rings. The molecule has 0 saturated heterocycles. The van der Waals surface area contributed by atoms with E-state index in [0.717, 1.165) is 0 Å². The van der Waals surface area contributed by atoms with Gasteiger partial charge in [0.2, 0.25) is 0 Å². The van der Waals surface area contributed by atoms with Crippen molar-refractivity contribution in [1.29, 1.82) is 0 Å². The summed E-state index contributed by atoms with van der Waals surface area (Å²) < 4.78 is 0. The summed E-state index contributed by atoms with van der Waals surface area (Å²) in [5.74, 6) is 4.65. The molecule has 0 heterocycles. The fourth-order valence-electron chi connectivity index (χ4n) is 0.399. The first-order valence-electron chi connectivity index (χ1n) is 2.85. The number of nitrogens with one attached hydrogen (secondary N) is 1. The molecule has 54 valence electrons. The molecule has 0 bridgehead atoms. The topological polar surface area (TPSA) is 81.1 Å². The fourth-order valence-corrected chi connectivity index (χ4v) is 0.399. The number of hydrazine groups is 1. The minimum atomic E-state index is -0.491. The van der Waals surface area contributed by atoms with Crippen LogP contribution in [0, 0.1) is 5.92 Å². The summed E-state index contributed by atoms with van der Waals surface area (Å²) in [6.07, 6.45) is 0. The fraction of sp³-hybridized carbons (Fsp3) is 0.800. The second-order valence-corrected chi connectivity index (χ2v) is 2.28. The van der Waals surface area contributed by atoms with E-state index in [2.05, 4.69) is 0 Å². The zero-order chi connectivity index (χ0) is 7.44. The zero-order valence-electron chi connectivity index (χ0n) is 5.72. The smallest absolute Gasteiger partial charge is 0.251 e. The standard InChI is InChI=1S/C5H13N3O/c1-3(2)4(6)5(9)8-7/h3-4H,6-7H2,1-2H3,(H,8,9)/t4-/m1/s1. The molecule has 0 aliphatic heterocycles. The zero-order valence-corrected chi connectivity index (χ0v) is 5.72. The van der Waals surface area contributed by atoms with Crippen LogP contribution in [0.4, 0.5) is 0 Å². The van der Waals surface area contributed by atoms with E-state index in [1.54, 1.807) is 0 Å². The van der Waals surface area contributed by atoms with E-state index in [1.165, 1.54) is 0 Å². The number of rotatable bonds is 2. The molecule has 0 spiro atoms. The van der Waals surface area contributed by atoms with E-state index in [4.69, 9.17) is 11.6 Å². The summed E-state index contributed by atoms with van der Waals surface area (Å²) in [6, 6.07) is -0.491. The van der Waals surface area contributed by atoms with Crippen LogP contribution in [0.25, 0.3) is 0 Å². The Balaban J connectivity index is 3.72. The first-order chi connectivity index (χ1) is 4.09. The summed E-state index contributed by atoms with van der Waals surface area (Å²) in [6.45, 7) is 3.72. The van der Waals surface area contributed by atoms with Crippen molar-refractivity contribution < 1.29 is 4.79 Å². The van der Waals surface area contributed by atoms with Crippen molar-refractivity contribution in [2.24, 2.45) is 17.5 Å². The van der Waals surface area contributed by atoms with Crippen molar-refractivity contribution in [2.75, 3.05) is 0 Å². The molecule has 0 aromatic heterocycles. The highest BCUT2D eigenvalue weighted by molar-refractivity contribution is 5.81. The summed E-state index contributed by atoms with van der Waals surface area (Å²) >= 11 is 0. The average molecular weight is 131 g/mol. The molecule has 0 rings (SSSR count). The van der Waals surface area contributed by atoms with E-state index in [9.17, 15) is 4.79 Å². The predicted molar refractivity (Wildman–Crippen MR) is 35.1 cm³/mol. The molecule has 0 unspecified atom stereocenters. The van der Waals surface area contributed by atoms with Crippen molar-refractivity contribution in [3.63, 3.8) is 0 Å². The largest absolute Gasteiger partial charge is 0.320 e. The van der Waals surface area contributed by atoms with Crippen molar-refractivity contribution in [1.82, 2.24) is 5.43 Å². The summed E-state index contributed by atoms with van der Waals surface area (Å²) in [5.41, 5.74) is 7.36. The van der Waals surface area contributed by atoms with Crippen LogP contribution >= 0.6 is 0 Å². The predicted octanol–water partition coefficient (Wildman–Crippen LogP) is -1.04. The molecule has 9 heavy (non-hydrogen) atoms. The van der Waals surface area contributed by atoms with Gasteiger partial charge in [-0.3, -0.25) is 10.2 Å². The highest BCUT2D eigenvalue weighted by Crippen LogP contribution is 1.96. The Morgan fingerprint density at radius 2 is 2.00 bits per heavy atom. The van der Waals surface area contributed by atoms with Gasteiger partial charge >= 0.3 is 0 Å². The molecule has 0 radical (unpaired) electrons. The third-order valence-electron chi connectivity index (χ3n) is 1.16. The molecule has 0 saturated carbocycles. The molecule has 0 aliphatic carbocycles. The summed E-state index contributed by atoms with van der Waals surface area (Å²) in [4.78, 5) is 10.6. The van der Waals surface area contributed by atoms with E-state index in [-0.39, 0.29) is 11.8 Å². The van der Waals surface area contributed by atoms with Gasteiger partial charge in [0, 0.05) is 0 Å². The monoisotopic (exact) mass is 131 g/mol. The lowest BCUT2D eigenvalue weighted by molar-refractivity contribution is -0.123. The third-order valence-corrected chi connectivity index (χ3v) is 1.16. The van der Waals surface area contributed by atoms with Gasteiger partial charge in [0.05, 0.1) is 6.04 Å². The Bertz CT molecular complexity index is 102. The maximum atomic E-state index is 10.6. The molecule has 4 heteroatoms. The first kappa shape index (κ1) is 8.39. The third kappa shape index (κ3) is 2.43. The quantitative estimate of drug-likeness (QED) is 0.254. The van der Waals surface area contributed by atoms with Gasteiger partial charge in [0.15, 0.2) is 0 Å². The van der Waals surface area contributed by atoms with E-state index < -0.39 is 6.04 Å². The van der Waals surface area contributed by atoms with Crippen LogP contribution in [0.15, 0.2) is 0 Å².